The van der Waals surface area contributed by atoms with Crippen molar-refractivity contribution < 1.29 is 4.79 Å². The number of carbonyl (C=O) groups is 1. The number of Topliss-reactive ketones (excluding diaryl/α,β-unsaturated/α-hetero) is 1. The van der Waals surface area contributed by atoms with E-state index in [1.807, 2.05) is 0 Å². The van der Waals surface area contributed by atoms with E-state index < -0.39 is 0 Å². The summed E-state index contributed by atoms with van der Waals surface area (Å²) in [6, 6.07) is 2.22. The van der Waals surface area contributed by atoms with Crippen molar-refractivity contribution in [2.24, 2.45) is 0 Å². The van der Waals surface area contributed by atoms with Gasteiger partial charge in [0.1, 0.15) is 11.0 Å². The van der Waals surface area contributed by atoms with Crippen LogP contribution < -0.4 is 5.32 Å². The molecule has 0 bridgehead atoms. The SMILES string of the molecule is CC(=O)c1cnc(NC2CC2)c2cnc(Cl)cc12. The van der Waals surface area contributed by atoms with Gasteiger partial charge in [-0.15, -0.1) is 0 Å². The van der Waals surface area contributed by atoms with Gasteiger partial charge in [0.2, 0.25) is 0 Å². The molecule has 18 heavy (non-hydrogen) atoms. The number of nitrogens with one attached hydrogen (secondary N) is 1. The first-order chi connectivity index (χ1) is 8.65. The lowest BCUT2D eigenvalue weighted by Crippen LogP contribution is -2.06. The number of rotatable bonds is 3. The van der Waals surface area contributed by atoms with Crippen molar-refractivity contribution in [3.05, 3.63) is 29.2 Å². The maximum atomic E-state index is 11.6. The molecule has 0 spiro atoms. The molecule has 1 aliphatic carbocycles. The summed E-state index contributed by atoms with van der Waals surface area (Å²) in [6.07, 6.45) is 5.60. The van der Waals surface area contributed by atoms with Gasteiger partial charge in [-0.25, -0.2) is 9.97 Å². The average Bonchev–Trinajstić information content (AvgIpc) is 3.12. The van der Waals surface area contributed by atoms with Crippen molar-refractivity contribution in [3.63, 3.8) is 0 Å². The van der Waals surface area contributed by atoms with Crippen molar-refractivity contribution in [2.75, 3.05) is 5.32 Å². The summed E-state index contributed by atoms with van der Waals surface area (Å²) in [4.78, 5) is 20.0. The number of hydrogen-bond acceptors (Lipinski definition) is 4. The first-order valence-electron chi connectivity index (χ1n) is 5.87. The Hall–Kier alpha value is -1.68. The third kappa shape index (κ3) is 2.04. The van der Waals surface area contributed by atoms with Gasteiger partial charge in [0.25, 0.3) is 0 Å². The minimum Gasteiger partial charge on any atom is -0.367 e. The molecule has 5 heteroatoms. The van der Waals surface area contributed by atoms with E-state index in [1.54, 1.807) is 18.5 Å². The second-order valence-corrected chi connectivity index (χ2v) is 4.94. The quantitative estimate of drug-likeness (QED) is 0.681. The monoisotopic (exact) mass is 261 g/mol. The zero-order chi connectivity index (χ0) is 12.7. The molecule has 0 radical (unpaired) electrons. The van der Waals surface area contributed by atoms with Crippen LogP contribution in [0.2, 0.25) is 5.15 Å². The molecule has 1 saturated carbocycles. The molecule has 0 unspecified atom stereocenters. The van der Waals surface area contributed by atoms with Crippen LogP contribution in [0.5, 0.6) is 0 Å². The van der Waals surface area contributed by atoms with E-state index in [-0.39, 0.29) is 5.78 Å². The Morgan fingerprint density at radius 3 is 2.78 bits per heavy atom. The fourth-order valence-electron chi connectivity index (χ4n) is 1.93. The molecule has 2 heterocycles. The van der Waals surface area contributed by atoms with Crippen LogP contribution in [0, 0.1) is 0 Å². The summed E-state index contributed by atoms with van der Waals surface area (Å²) < 4.78 is 0. The van der Waals surface area contributed by atoms with Crippen LogP contribution in [0.4, 0.5) is 5.82 Å². The van der Waals surface area contributed by atoms with Gasteiger partial charge in [-0.1, -0.05) is 11.6 Å². The Morgan fingerprint density at radius 1 is 1.33 bits per heavy atom. The van der Waals surface area contributed by atoms with Crippen LogP contribution >= 0.6 is 11.6 Å². The van der Waals surface area contributed by atoms with Crippen LogP contribution in [-0.2, 0) is 0 Å². The number of hydrogen-bond donors (Lipinski definition) is 1. The minimum absolute atomic E-state index is 0.0206. The molecular weight excluding hydrogens is 250 g/mol. The number of halogens is 1. The Kier molecular flexibility index (Phi) is 2.67. The second kappa shape index (κ2) is 4.21. The predicted molar refractivity (Wildman–Crippen MR) is 71.2 cm³/mol. The second-order valence-electron chi connectivity index (χ2n) is 4.55. The van der Waals surface area contributed by atoms with Crippen LogP contribution in [0.15, 0.2) is 18.5 Å². The van der Waals surface area contributed by atoms with Gasteiger partial charge >= 0.3 is 0 Å². The van der Waals surface area contributed by atoms with Crippen molar-refractivity contribution in [3.8, 4) is 0 Å². The lowest BCUT2D eigenvalue weighted by Gasteiger charge is -2.10. The summed E-state index contributed by atoms with van der Waals surface area (Å²) >= 11 is 5.90. The highest BCUT2D eigenvalue weighted by Crippen LogP contribution is 2.30. The molecule has 3 rings (SSSR count). The maximum absolute atomic E-state index is 11.6. The highest BCUT2D eigenvalue weighted by atomic mass is 35.5. The van der Waals surface area contributed by atoms with E-state index in [0.717, 1.165) is 16.6 Å². The Bertz CT molecular complexity index is 637. The van der Waals surface area contributed by atoms with Crippen LogP contribution in [-0.4, -0.2) is 21.8 Å². The van der Waals surface area contributed by atoms with E-state index in [1.165, 1.54) is 19.8 Å². The van der Waals surface area contributed by atoms with E-state index in [0.29, 0.717) is 16.8 Å². The zero-order valence-corrected chi connectivity index (χ0v) is 10.7. The van der Waals surface area contributed by atoms with E-state index in [2.05, 4.69) is 15.3 Å². The molecular formula is C13H12ClN3O. The number of anilines is 1. The van der Waals surface area contributed by atoms with Gasteiger partial charge < -0.3 is 5.32 Å². The molecule has 1 aliphatic rings. The maximum Gasteiger partial charge on any atom is 0.161 e. The Labute approximate surface area is 109 Å². The fourth-order valence-corrected chi connectivity index (χ4v) is 2.08. The van der Waals surface area contributed by atoms with Crippen molar-refractivity contribution >= 4 is 34.0 Å². The zero-order valence-electron chi connectivity index (χ0n) is 9.90. The molecule has 0 aromatic carbocycles. The highest BCUT2D eigenvalue weighted by molar-refractivity contribution is 6.30. The lowest BCUT2D eigenvalue weighted by molar-refractivity contribution is 0.101. The van der Waals surface area contributed by atoms with Gasteiger partial charge in [-0.3, -0.25) is 4.79 Å². The first-order valence-corrected chi connectivity index (χ1v) is 6.24. The Morgan fingerprint density at radius 2 is 2.11 bits per heavy atom. The molecule has 0 aliphatic heterocycles. The number of nitrogens with zero attached hydrogens (tertiary/aromatic N) is 2. The number of carbonyl (C=O) groups excluding carboxylic acids is 1. The molecule has 1 N–H and O–H groups in total. The topological polar surface area (TPSA) is 54.9 Å². The molecule has 2 aromatic rings. The molecule has 0 amide bonds. The number of fused-ring (bicyclic) bond motifs is 1. The number of pyridine rings is 2. The third-order valence-electron chi connectivity index (χ3n) is 3.04. The predicted octanol–water partition coefficient (Wildman–Crippen LogP) is 3.06. The normalized spacial score (nSPS) is 14.8. The summed E-state index contributed by atoms with van der Waals surface area (Å²) in [5, 5.41) is 5.37. The molecule has 0 atom stereocenters. The van der Waals surface area contributed by atoms with Crippen LogP contribution in [0.3, 0.4) is 0 Å². The molecule has 4 nitrogen and oxygen atoms in total. The summed E-state index contributed by atoms with van der Waals surface area (Å²) in [5.74, 6) is 0.759. The summed E-state index contributed by atoms with van der Waals surface area (Å²) in [7, 11) is 0. The smallest absolute Gasteiger partial charge is 0.161 e. The lowest BCUT2D eigenvalue weighted by atomic mass is 10.1. The molecule has 0 saturated heterocycles. The average molecular weight is 262 g/mol. The van der Waals surface area contributed by atoms with E-state index in [4.69, 9.17) is 11.6 Å². The van der Waals surface area contributed by atoms with Gasteiger partial charge in [-0.2, -0.15) is 0 Å². The fraction of sp³-hybridized carbons (Fsp3) is 0.308. The standard InChI is InChI=1S/C13H12ClN3O/c1-7(18)10-5-16-13(17-8-2-3-8)11-6-15-12(14)4-9(10)11/h4-6,8H,2-3H2,1H3,(H,16,17). The Balaban J connectivity index is 2.21. The van der Waals surface area contributed by atoms with Crippen LogP contribution in [0.1, 0.15) is 30.1 Å². The molecule has 92 valence electrons. The summed E-state index contributed by atoms with van der Waals surface area (Å²) in [5.41, 5.74) is 0.579. The van der Waals surface area contributed by atoms with Crippen molar-refractivity contribution in [2.45, 2.75) is 25.8 Å². The van der Waals surface area contributed by atoms with E-state index in [9.17, 15) is 4.79 Å². The van der Waals surface area contributed by atoms with Gasteiger partial charge in [0.15, 0.2) is 5.78 Å². The highest BCUT2D eigenvalue weighted by Gasteiger charge is 2.23. The van der Waals surface area contributed by atoms with Crippen LogP contribution in [0.25, 0.3) is 10.8 Å². The largest absolute Gasteiger partial charge is 0.367 e. The molecule has 2 aromatic heterocycles. The van der Waals surface area contributed by atoms with Gasteiger partial charge in [-0.05, 0) is 25.8 Å². The van der Waals surface area contributed by atoms with Crippen molar-refractivity contribution in [1.82, 2.24) is 9.97 Å². The first kappa shape index (κ1) is 11.4. The van der Waals surface area contributed by atoms with Gasteiger partial charge in [0, 0.05) is 34.8 Å². The summed E-state index contributed by atoms with van der Waals surface area (Å²) in [6.45, 7) is 1.53. The number of ketones is 1. The third-order valence-corrected chi connectivity index (χ3v) is 3.24. The minimum atomic E-state index is -0.0206. The van der Waals surface area contributed by atoms with Gasteiger partial charge in [0.05, 0.1) is 0 Å². The molecule has 1 fully saturated rings. The van der Waals surface area contributed by atoms with E-state index >= 15 is 0 Å². The van der Waals surface area contributed by atoms with Crippen molar-refractivity contribution in [1.29, 1.82) is 0 Å². The number of aromatic nitrogens is 2.